The van der Waals surface area contributed by atoms with Crippen molar-refractivity contribution in [1.82, 2.24) is 4.90 Å². The second-order valence-electron chi connectivity index (χ2n) is 7.71. The summed E-state index contributed by atoms with van der Waals surface area (Å²) >= 11 is 0. The van der Waals surface area contributed by atoms with Gasteiger partial charge in [-0.05, 0) is 43.6 Å². The third-order valence-corrected chi connectivity index (χ3v) is 4.84. The number of nitrogens with zero attached hydrogens (tertiary/aromatic N) is 1. The van der Waals surface area contributed by atoms with E-state index in [0.29, 0.717) is 17.4 Å². The van der Waals surface area contributed by atoms with Gasteiger partial charge in [0.25, 0.3) is 0 Å². The Balaban J connectivity index is 2.56. The molecule has 3 atom stereocenters. The minimum Gasteiger partial charge on any atom is -0.392 e. The molecule has 1 fully saturated rings. The molecule has 0 aromatic heterocycles. The van der Waals surface area contributed by atoms with Crippen LogP contribution < -0.4 is 0 Å². The third kappa shape index (κ3) is 3.45. The summed E-state index contributed by atoms with van der Waals surface area (Å²) < 4.78 is 0. The lowest BCUT2D eigenvalue weighted by atomic mass is 9.85. The van der Waals surface area contributed by atoms with Gasteiger partial charge in [-0.1, -0.05) is 34.6 Å². The predicted octanol–water partition coefficient (Wildman–Crippen LogP) is 3.15. The molecule has 0 spiro atoms. The van der Waals surface area contributed by atoms with Gasteiger partial charge in [0.15, 0.2) is 0 Å². The Labute approximate surface area is 107 Å². The Bertz CT molecular complexity index is 254. The lowest BCUT2D eigenvalue weighted by Crippen LogP contribution is -2.43. The maximum atomic E-state index is 10.3. The molecular weight excluding hydrogens is 210 g/mol. The highest BCUT2D eigenvalue weighted by atomic mass is 16.3. The van der Waals surface area contributed by atoms with Gasteiger partial charge in [0.1, 0.15) is 0 Å². The van der Waals surface area contributed by atoms with E-state index in [0.717, 1.165) is 19.4 Å². The molecule has 1 saturated carbocycles. The highest BCUT2D eigenvalue weighted by molar-refractivity contribution is 4.93. The zero-order valence-corrected chi connectivity index (χ0v) is 12.7. The summed E-state index contributed by atoms with van der Waals surface area (Å²) in [5.74, 6) is 0.444. The molecule has 1 aliphatic carbocycles. The fourth-order valence-electron chi connectivity index (χ4n) is 2.88. The zero-order chi connectivity index (χ0) is 13.4. The summed E-state index contributed by atoms with van der Waals surface area (Å²) in [6.07, 6.45) is 2.17. The van der Waals surface area contributed by atoms with Gasteiger partial charge in [-0.25, -0.2) is 0 Å². The van der Waals surface area contributed by atoms with E-state index in [-0.39, 0.29) is 11.5 Å². The van der Waals surface area contributed by atoms with Crippen molar-refractivity contribution in [3.8, 4) is 0 Å². The largest absolute Gasteiger partial charge is 0.392 e. The second kappa shape index (κ2) is 4.89. The predicted molar refractivity (Wildman–Crippen MR) is 74.1 cm³/mol. The average molecular weight is 241 g/mol. The van der Waals surface area contributed by atoms with E-state index in [1.165, 1.54) is 0 Å². The van der Waals surface area contributed by atoms with Crippen molar-refractivity contribution in [2.75, 3.05) is 13.6 Å². The Morgan fingerprint density at radius 2 is 1.88 bits per heavy atom. The molecule has 0 aromatic carbocycles. The number of rotatable bonds is 3. The molecule has 0 heterocycles. The fraction of sp³-hybridized carbons (Fsp3) is 1.00. The van der Waals surface area contributed by atoms with Crippen LogP contribution in [-0.2, 0) is 0 Å². The number of hydrogen-bond acceptors (Lipinski definition) is 2. The normalized spacial score (nSPS) is 30.9. The van der Waals surface area contributed by atoms with Gasteiger partial charge in [0.2, 0.25) is 0 Å². The van der Waals surface area contributed by atoms with E-state index in [9.17, 15) is 5.11 Å². The summed E-state index contributed by atoms with van der Waals surface area (Å²) in [6.45, 7) is 14.5. The molecule has 0 bridgehead atoms. The molecule has 0 aliphatic heterocycles. The van der Waals surface area contributed by atoms with Crippen LogP contribution in [0.5, 0.6) is 0 Å². The summed E-state index contributed by atoms with van der Waals surface area (Å²) in [5.41, 5.74) is 0.407. The standard InChI is InChI=1S/C15H31NO/c1-11(14(2,3)4)16(7)10-12-8-9-15(5,6)13(12)17/h11-13,17H,8-10H2,1-7H3. The first-order valence-electron chi connectivity index (χ1n) is 6.94. The highest BCUT2D eigenvalue weighted by Crippen LogP contribution is 2.41. The molecule has 0 saturated heterocycles. The van der Waals surface area contributed by atoms with Gasteiger partial charge in [-0.3, -0.25) is 0 Å². The second-order valence-corrected chi connectivity index (χ2v) is 7.71. The Morgan fingerprint density at radius 3 is 2.24 bits per heavy atom. The topological polar surface area (TPSA) is 23.5 Å². The van der Waals surface area contributed by atoms with Crippen LogP contribution >= 0.6 is 0 Å². The first kappa shape index (κ1) is 15.0. The molecule has 0 amide bonds. The molecule has 2 nitrogen and oxygen atoms in total. The molecule has 2 heteroatoms. The van der Waals surface area contributed by atoms with Crippen LogP contribution in [0.25, 0.3) is 0 Å². The SMILES string of the molecule is CC(N(C)CC1CCC(C)(C)C1O)C(C)(C)C. The van der Waals surface area contributed by atoms with Gasteiger partial charge >= 0.3 is 0 Å². The smallest absolute Gasteiger partial charge is 0.0631 e. The van der Waals surface area contributed by atoms with E-state index >= 15 is 0 Å². The van der Waals surface area contributed by atoms with Crippen LogP contribution in [0.15, 0.2) is 0 Å². The van der Waals surface area contributed by atoms with Crippen LogP contribution in [0.4, 0.5) is 0 Å². The van der Waals surface area contributed by atoms with Crippen molar-refractivity contribution >= 4 is 0 Å². The van der Waals surface area contributed by atoms with Gasteiger partial charge in [-0.2, -0.15) is 0 Å². The molecule has 102 valence electrons. The minimum absolute atomic E-state index is 0.108. The molecule has 0 aromatic rings. The van der Waals surface area contributed by atoms with E-state index in [4.69, 9.17) is 0 Å². The molecule has 1 aliphatic rings. The van der Waals surface area contributed by atoms with E-state index in [2.05, 4.69) is 53.5 Å². The van der Waals surface area contributed by atoms with Crippen molar-refractivity contribution in [3.05, 3.63) is 0 Å². The fourth-order valence-corrected chi connectivity index (χ4v) is 2.88. The van der Waals surface area contributed by atoms with Crippen molar-refractivity contribution < 1.29 is 5.11 Å². The Hall–Kier alpha value is -0.0800. The first-order valence-corrected chi connectivity index (χ1v) is 6.94. The number of aliphatic hydroxyl groups is 1. The van der Waals surface area contributed by atoms with Crippen LogP contribution in [0.2, 0.25) is 0 Å². The van der Waals surface area contributed by atoms with Crippen LogP contribution in [-0.4, -0.2) is 35.7 Å². The van der Waals surface area contributed by atoms with E-state index in [1.54, 1.807) is 0 Å². The zero-order valence-electron chi connectivity index (χ0n) is 12.7. The summed E-state index contributed by atoms with van der Waals surface area (Å²) in [5, 5.41) is 10.3. The van der Waals surface area contributed by atoms with Crippen LogP contribution in [0, 0.1) is 16.7 Å². The van der Waals surface area contributed by atoms with Crippen LogP contribution in [0.3, 0.4) is 0 Å². The summed E-state index contributed by atoms with van der Waals surface area (Å²) in [6, 6.07) is 0.540. The average Bonchev–Trinajstić information content (AvgIpc) is 2.42. The van der Waals surface area contributed by atoms with Crippen molar-refractivity contribution in [2.45, 2.75) is 66.5 Å². The maximum Gasteiger partial charge on any atom is 0.0631 e. The summed E-state index contributed by atoms with van der Waals surface area (Å²) in [4.78, 5) is 2.41. The van der Waals surface area contributed by atoms with E-state index in [1.807, 2.05) is 0 Å². The van der Waals surface area contributed by atoms with Crippen molar-refractivity contribution in [2.24, 2.45) is 16.7 Å². The van der Waals surface area contributed by atoms with E-state index < -0.39 is 0 Å². The van der Waals surface area contributed by atoms with Crippen molar-refractivity contribution in [1.29, 1.82) is 0 Å². The molecule has 0 radical (unpaired) electrons. The first-order chi connectivity index (χ1) is 7.55. The molecule has 1 rings (SSSR count). The van der Waals surface area contributed by atoms with Crippen molar-refractivity contribution in [3.63, 3.8) is 0 Å². The van der Waals surface area contributed by atoms with Gasteiger partial charge in [0.05, 0.1) is 6.10 Å². The Kier molecular flexibility index (Phi) is 4.31. The van der Waals surface area contributed by atoms with Gasteiger partial charge in [0, 0.05) is 12.6 Å². The lowest BCUT2D eigenvalue weighted by Gasteiger charge is -2.37. The van der Waals surface area contributed by atoms with Gasteiger partial charge < -0.3 is 10.0 Å². The Morgan fingerprint density at radius 1 is 1.35 bits per heavy atom. The van der Waals surface area contributed by atoms with Crippen LogP contribution in [0.1, 0.15) is 54.4 Å². The molecular formula is C15H31NO. The number of hydrogen-bond donors (Lipinski definition) is 1. The number of aliphatic hydroxyl groups excluding tert-OH is 1. The molecule has 1 N–H and O–H groups in total. The summed E-state index contributed by atoms with van der Waals surface area (Å²) in [7, 11) is 2.19. The van der Waals surface area contributed by atoms with Gasteiger partial charge in [-0.15, -0.1) is 0 Å². The lowest BCUT2D eigenvalue weighted by molar-refractivity contribution is 0.0232. The monoisotopic (exact) mass is 241 g/mol. The molecule has 3 unspecified atom stereocenters. The minimum atomic E-state index is -0.142. The maximum absolute atomic E-state index is 10.3. The highest BCUT2D eigenvalue weighted by Gasteiger charge is 2.41. The molecule has 17 heavy (non-hydrogen) atoms. The third-order valence-electron chi connectivity index (χ3n) is 4.84. The quantitative estimate of drug-likeness (QED) is 0.820.